The van der Waals surface area contributed by atoms with Gasteiger partial charge >= 0.3 is 0 Å². The van der Waals surface area contributed by atoms with Crippen molar-refractivity contribution in [1.29, 1.82) is 5.26 Å². The molecular formula is C23H22N4O4. The van der Waals surface area contributed by atoms with Gasteiger partial charge in [-0.3, -0.25) is 5.10 Å². The highest BCUT2D eigenvalue weighted by Gasteiger charge is 2.37. The van der Waals surface area contributed by atoms with Crippen molar-refractivity contribution in [2.75, 3.05) is 20.8 Å². The van der Waals surface area contributed by atoms with Crippen LogP contribution in [0.4, 0.5) is 0 Å². The Hall–Kier alpha value is -4.12. The molecule has 8 nitrogen and oxygen atoms in total. The lowest BCUT2D eigenvalue weighted by Gasteiger charge is -2.25. The van der Waals surface area contributed by atoms with Crippen LogP contribution in [0.15, 0.2) is 53.9 Å². The van der Waals surface area contributed by atoms with Gasteiger partial charge in [-0.05, 0) is 49.4 Å². The molecule has 0 saturated heterocycles. The van der Waals surface area contributed by atoms with Crippen LogP contribution < -0.4 is 24.7 Å². The van der Waals surface area contributed by atoms with E-state index in [2.05, 4.69) is 16.3 Å². The molecule has 2 aromatic carbocycles. The maximum absolute atomic E-state index is 9.92. The number of H-pyrrole nitrogens is 1. The van der Waals surface area contributed by atoms with Crippen molar-refractivity contribution in [2.24, 2.45) is 5.73 Å². The summed E-state index contributed by atoms with van der Waals surface area (Å²) in [6.45, 7) is 2.52. The van der Waals surface area contributed by atoms with Gasteiger partial charge in [0.25, 0.3) is 0 Å². The molecule has 0 radical (unpaired) electrons. The fourth-order valence-electron chi connectivity index (χ4n) is 3.73. The van der Waals surface area contributed by atoms with E-state index in [9.17, 15) is 5.26 Å². The van der Waals surface area contributed by atoms with Crippen molar-refractivity contribution < 1.29 is 18.9 Å². The lowest BCUT2D eigenvalue weighted by molar-refractivity contribution is 0.340. The number of aromatic nitrogens is 2. The first kappa shape index (κ1) is 20.2. The number of ether oxygens (including phenoxy) is 4. The second-order valence-corrected chi connectivity index (χ2v) is 6.81. The third-order valence-electron chi connectivity index (χ3n) is 5.14. The predicted molar refractivity (Wildman–Crippen MR) is 114 cm³/mol. The molecule has 0 unspecified atom stereocenters. The van der Waals surface area contributed by atoms with Crippen LogP contribution in [0.1, 0.15) is 24.0 Å². The molecule has 0 saturated carbocycles. The molecule has 0 fully saturated rings. The van der Waals surface area contributed by atoms with Gasteiger partial charge in [0, 0.05) is 11.1 Å². The first-order valence-electron chi connectivity index (χ1n) is 9.72. The number of hydrogen-bond donors (Lipinski definition) is 2. The van der Waals surface area contributed by atoms with Crippen LogP contribution >= 0.6 is 0 Å². The van der Waals surface area contributed by atoms with Gasteiger partial charge in [0.1, 0.15) is 28.9 Å². The zero-order chi connectivity index (χ0) is 22.0. The van der Waals surface area contributed by atoms with Crippen molar-refractivity contribution in [3.05, 3.63) is 65.0 Å². The lowest BCUT2D eigenvalue weighted by atomic mass is 9.82. The second kappa shape index (κ2) is 8.32. The Balaban J connectivity index is 1.92. The average molecular weight is 418 g/mol. The maximum atomic E-state index is 9.92. The highest BCUT2D eigenvalue weighted by atomic mass is 16.5. The molecule has 31 heavy (non-hydrogen) atoms. The lowest BCUT2D eigenvalue weighted by Crippen LogP contribution is -2.21. The third-order valence-corrected chi connectivity index (χ3v) is 5.14. The van der Waals surface area contributed by atoms with Crippen LogP contribution in [-0.2, 0) is 0 Å². The Morgan fingerprint density at radius 3 is 2.52 bits per heavy atom. The number of benzene rings is 2. The Bertz CT molecular complexity index is 1180. The third kappa shape index (κ3) is 3.51. The number of nitrogens with two attached hydrogens (primary N) is 1. The second-order valence-electron chi connectivity index (χ2n) is 6.81. The maximum Gasteiger partial charge on any atom is 0.244 e. The summed E-state index contributed by atoms with van der Waals surface area (Å²) in [5.74, 6) is 1.76. The fraction of sp³-hybridized carbons (Fsp3) is 0.217. The number of hydrogen-bond acceptors (Lipinski definition) is 7. The number of nitrogens with one attached hydrogen (secondary N) is 1. The van der Waals surface area contributed by atoms with Crippen molar-refractivity contribution in [3.63, 3.8) is 0 Å². The first-order chi connectivity index (χ1) is 15.1. The van der Waals surface area contributed by atoms with Crippen LogP contribution in [-0.4, -0.2) is 31.0 Å². The summed E-state index contributed by atoms with van der Waals surface area (Å²) in [6.07, 6.45) is 0. The molecule has 1 aliphatic heterocycles. The molecule has 3 aromatic rings. The van der Waals surface area contributed by atoms with E-state index in [4.69, 9.17) is 24.7 Å². The Morgan fingerprint density at radius 1 is 1.13 bits per heavy atom. The molecule has 3 N–H and O–H groups in total. The van der Waals surface area contributed by atoms with Gasteiger partial charge in [-0.25, -0.2) is 0 Å². The quantitative estimate of drug-likeness (QED) is 0.627. The van der Waals surface area contributed by atoms with Crippen LogP contribution in [0, 0.1) is 11.3 Å². The normalized spacial score (nSPS) is 15.0. The number of nitriles is 1. The minimum Gasteiger partial charge on any atom is -0.497 e. The molecule has 2 heterocycles. The summed E-state index contributed by atoms with van der Waals surface area (Å²) in [4.78, 5) is 0. The van der Waals surface area contributed by atoms with Crippen LogP contribution in [0.3, 0.4) is 0 Å². The molecule has 0 amide bonds. The summed E-state index contributed by atoms with van der Waals surface area (Å²) < 4.78 is 22.2. The average Bonchev–Trinajstić information content (AvgIpc) is 3.21. The van der Waals surface area contributed by atoms with E-state index in [1.54, 1.807) is 26.4 Å². The predicted octanol–water partition coefficient (Wildman–Crippen LogP) is 3.71. The monoisotopic (exact) mass is 418 g/mol. The highest BCUT2D eigenvalue weighted by molar-refractivity contribution is 5.72. The first-order valence-corrected chi connectivity index (χ1v) is 9.72. The Labute approximate surface area is 179 Å². The Morgan fingerprint density at radius 2 is 1.87 bits per heavy atom. The van der Waals surface area contributed by atoms with Crippen molar-refractivity contribution >= 4 is 0 Å². The van der Waals surface area contributed by atoms with Gasteiger partial charge in [-0.15, -0.1) is 5.10 Å². The number of rotatable bonds is 6. The van der Waals surface area contributed by atoms with Crippen LogP contribution in [0.2, 0.25) is 0 Å². The number of fused-ring (bicyclic) bond motifs is 1. The molecular weight excluding hydrogens is 396 g/mol. The summed E-state index contributed by atoms with van der Waals surface area (Å²) >= 11 is 0. The van der Waals surface area contributed by atoms with E-state index in [1.807, 2.05) is 37.3 Å². The molecule has 0 bridgehead atoms. The van der Waals surface area contributed by atoms with E-state index in [0.717, 1.165) is 16.9 Å². The van der Waals surface area contributed by atoms with Gasteiger partial charge in [0.05, 0.1) is 38.0 Å². The van der Waals surface area contributed by atoms with Crippen LogP contribution in [0.5, 0.6) is 23.1 Å². The topological polar surface area (TPSA) is 115 Å². The molecule has 1 aliphatic rings. The summed E-state index contributed by atoms with van der Waals surface area (Å²) in [6, 6.07) is 15.2. The van der Waals surface area contributed by atoms with E-state index in [0.29, 0.717) is 35.2 Å². The zero-order valence-electron chi connectivity index (χ0n) is 17.4. The van der Waals surface area contributed by atoms with Gasteiger partial charge in [0.15, 0.2) is 0 Å². The largest absolute Gasteiger partial charge is 0.497 e. The molecule has 8 heteroatoms. The van der Waals surface area contributed by atoms with E-state index >= 15 is 0 Å². The summed E-state index contributed by atoms with van der Waals surface area (Å²) in [7, 11) is 3.16. The number of methoxy groups -OCH3 is 2. The fourth-order valence-corrected chi connectivity index (χ4v) is 3.73. The smallest absolute Gasteiger partial charge is 0.244 e. The number of nitrogens with zero attached hydrogens (tertiary/aromatic N) is 2. The molecule has 0 aliphatic carbocycles. The minimum atomic E-state index is -0.556. The molecule has 1 aromatic heterocycles. The van der Waals surface area contributed by atoms with Gasteiger partial charge in [0.2, 0.25) is 11.8 Å². The summed E-state index contributed by atoms with van der Waals surface area (Å²) in [5, 5.41) is 17.3. The molecule has 4 rings (SSSR count). The SMILES string of the molecule is CCOc1ccc(-c2[nH]nc3c2[C@H](c2cc(OC)ccc2OC)C(C#N)=C(N)O3)cc1. The Kier molecular flexibility index (Phi) is 5.41. The minimum absolute atomic E-state index is 0.00890. The van der Waals surface area contributed by atoms with Gasteiger partial charge < -0.3 is 24.7 Å². The molecule has 0 spiro atoms. The van der Waals surface area contributed by atoms with Crippen LogP contribution in [0.25, 0.3) is 11.3 Å². The van der Waals surface area contributed by atoms with Gasteiger partial charge in [-0.1, -0.05) is 0 Å². The van der Waals surface area contributed by atoms with E-state index < -0.39 is 5.92 Å². The molecule has 1 atom stereocenters. The highest BCUT2D eigenvalue weighted by Crippen LogP contribution is 2.48. The van der Waals surface area contributed by atoms with Crippen molar-refractivity contribution in [2.45, 2.75) is 12.8 Å². The standard InChI is InChI=1S/C23H22N4O4/c1-4-30-14-7-5-13(6-8-14)21-20-19(16-11-15(28-2)9-10-18(16)29-3)17(12-24)22(25)31-23(20)27-26-21/h5-11,19H,4,25H2,1-3H3,(H,26,27)/t19-/m1/s1. The van der Waals surface area contributed by atoms with E-state index in [1.165, 1.54) is 0 Å². The number of allylic oxidation sites excluding steroid dienone is 1. The summed E-state index contributed by atoms with van der Waals surface area (Å²) in [5.41, 5.74) is 9.36. The van der Waals surface area contributed by atoms with Crippen molar-refractivity contribution in [3.8, 4) is 40.5 Å². The van der Waals surface area contributed by atoms with E-state index in [-0.39, 0.29) is 11.5 Å². The zero-order valence-corrected chi connectivity index (χ0v) is 17.4. The number of aromatic amines is 1. The van der Waals surface area contributed by atoms with Gasteiger partial charge in [-0.2, -0.15) is 5.26 Å². The van der Waals surface area contributed by atoms with Crippen molar-refractivity contribution in [1.82, 2.24) is 10.2 Å². The molecule has 158 valence electrons.